The smallest absolute Gasteiger partial charge is 0.153 e. The molecule has 4 heteroatoms. The van der Waals surface area contributed by atoms with Gasteiger partial charge in [0.1, 0.15) is 11.5 Å². The number of hydrogen-bond donors (Lipinski definition) is 1. The molecule has 1 N–H and O–H groups in total. The molecular formula is C14H11ClO3. The third kappa shape index (κ3) is 2.88. The van der Waals surface area contributed by atoms with Gasteiger partial charge in [0.05, 0.1) is 12.2 Å². The van der Waals surface area contributed by atoms with E-state index in [1.54, 1.807) is 42.5 Å². The summed E-state index contributed by atoms with van der Waals surface area (Å²) in [6.07, 6.45) is 0.716. The van der Waals surface area contributed by atoms with Crippen LogP contribution >= 0.6 is 11.6 Å². The minimum atomic E-state index is -0.0168. The Labute approximate surface area is 110 Å². The van der Waals surface area contributed by atoms with Gasteiger partial charge in [-0.25, -0.2) is 0 Å². The van der Waals surface area contributed by atoms with Gasteiger partial charge in [0.25, 0.3) is 0 Å². The van der Waals surface area contributed by atoms with Crippen molar-refractivity contribution < 1.29 is 14.6 Å². The number of carbonyl (C=O) groups excluding carboxylic acids is 1. The van der Waals surface area contributed by atoms with Gasteiger partial charge in [-0.05, 0) is 29.8 Å². The van der Waals surface area contributed by atoms with Gasteiger partial charge in [-0.2, -0.15) is 0 Å². The van der Waals surface area contributed by atoms with Gasteiger partial charge in [-0.1, -0.05) is 23.7 Å². The molecule has 2 aromatic carbocycles. The number of aliphatic hydroxyl groups excluding tert-OH is 1. The number of rotatable bonds is 4. The summed E-state index contributed by atoms with van der Waals surface area (Å²) in [4.78, 5) is 10.9. The van der Waals surface area contributed by atoms with Gasteiger partial charge in [0.2, 0.25) is 0 Å². The zero-order valence-electron chi connectivity index (χ0n) is 9.47. The number of aldehydes is 1. The first kappa shape index (κ1) is 12.6. The van der Waals surface area contributed by atoms with Crippen molar-refractivity contribution in [2.75, 3.05) is 0 Å². The fourth-order valence-electron chi connectivity index (χ4n) is 1.48. The first-order valence-electron chi connectivity index (χ1n) is 5.35. The minimum Gasteiger partial charge on any atom is -0.457 e. The largest absolute Gasteiger partial charge is 0.457 e. The van der Waals surface area contributed by atoms with Crippen LogP contribution in [0.5, 0.6) is 11.5 Å². The van der Waals surface area contributed by atoms with Gasteiger partial charge in [-0.15, -0.1) is 0 Å². The van der Waals surface area contributed by atoms with Gasteiger partial charge in [0.15, 0.2) is 6.29 Å². The second-order valence-corrected chi connectivity index (χ2v) is 4.14. The molecule has 0 bridgehead atoms. The molecule has 0 amide bonds. The van der Waals surface area contributed by atoms with Crippen LogP contribution in [0, 0.1) is 0 Å². The van der Waals surface area contributed by atoms with Crippen molar-refractivity contribution in [3.05, 3.63) is 58.6 Å². The predicted octanol–water partition coefficient (Wildman–Crippen LogP) is 3.44. The lowest BCUT2D eigenvalue weighted by Gasteiger charge is -2.08. The van der Waals surface area contributed by atoms with E-state index >= 15 is 0 Å². The third-order valence-corrected chi connectivity index (χ3v) is 2.67. The fraction of sp³-hybridized carbons (Fsp3) is 0.0714. The number of halogens is 1. The van der Waals surface area contributed by atoms with E-state index < -0.39 is 0 Å². The predicted molar refractivity (Wildman–Crippen MR) is 69.3 cm³/mol. The molecule has 3 nitrogen and oxygen atoms in total. The van der Waals surface area contributed by atoms with Crippen molar-refractivity contribution in [3.8, 4) is 11.5 Å². The number of carbonyl (C=O) groups is 1. The lowest BCUT2D eigenvalue weighted by atomic mass is 10.2. The van der Waals surface area contributed by atoms with Crippen molar-refractivity contribution >= 4 is 17.9 Å². The zero-order chi connectivity index (χ0) is 13.0. The summed E-state index contributed by atoms with van der Waals surface area (Å²) in [5, 5.41) is 9.43. The summed E-state index contributed by atoms with van der Waals surface area (Å²) in [5.41, 5.74) is 1.23. The highest BCUT2D eigenvalue weighted by Crippen LogP contribution is 2.27. The molecule has 0 atom stereocenters. The van der Waals surface area contributed by atoms with E-state index in [9.17, 15) is 4.79 Å². The van der Waals surface area contributed by atoms with Gasteiger partial charge >= 0.3 is 0 Å². The lowest BCUT2D eigenvalue weighted by molar-refractivity contribution is 0.112. The average Bonchev–Trinajstić information content (AvgIpc) is 2.40. The topological polar surface area (TPSA) is 46.5 Å². The molecule has 0 aliphatic carbocycles. The summed E-state index contributed by atoms with van der Waals surface area (Å²) in [5.74, 6) is 0.992. The Morgan fingerprint density at radius 3 is 2.50 bits per heavy atom. The summed E-state index contributed by atoms with van der Waals surface area (Å²) in [7, 11) is 0. The van der Waals surface area contributed by atoms with Crippen LogP contribution in [-0.2, 0) is 6.61 Å². The zero-order valence-corrected chi connectivity index (χ0v) is 10.2. The maximum absolute atomic E-state index is 10.9. The highest BCUT2D eigenvalue weighted by atomic mass is 35.5. The van der Waals surface area contributed by atoms with Crippen molar-refractivity contribution in [2.24, 2.45) is 0 Å². The van der Waals surface area contributed by atoms with Gasteiger partial charge in [-0.3, -0.25) is 4.79 Å². The van der Waals surface area contributed by atoms with Crippen molar-refractivity contribution in [2.45, 2.75) is 6.61 Å². The number of ether oxygens (including phenoxy) is 1. The molecule has 0 heterocycles. The molecular weight excluding hydrogens is 252 g/mol. The van der Waals surface area contributed by atoms with Gasteiger partial charge in [0, 0.05) is 11.1 Å². The summed E-state index contributed by atoms with van der Waals surface area (Å²) < 4.78 is 5.58. The summed E-state index contributed by atoms with van der Waals surface area (Å²) in [6.45, 7) is -0.0168. The van der Waals surface area contributed by atoms with E-state index in [-0.39, 0.29) is 6.61 Å². The van der Waals surface area contributed by atoms with E-state index in [0.29, 0.717) is 28.4 Å². The molecule has 0 spiro atoms. The SMILES string of the molecule is O=Cc1ccc(Cl)cc1Oc1ccc(CO)cc1. The molecule has 0 aliphatic heterocycles. The van der Waals surface area contributed by atoms with Crippen LogP contribution in [0.3, 0.4) is 0 Å². The molecule has 0 radical (unpaired) electrons. The quantitative estimate of drug-likeness (QED) is 0.859. The van der Waals surface area contributed by atoms with E-state index in [0.717, 1.165) is 5.56 Å². The van der Waals surface area contributed by atoms with Crippen LogP contribution in [0.1, 0.15) is 15.9 Å². The van der Waals surface area contributed by atoms with Crippen LogP contribution < -0.4 is 4.74 Å². The fourth-order valence-corrected chi connectivity index (χ4v) is 1.65. The molecule has 2 rings (SSSR count). The van der Waals surface area contributed by atoms with Gasteiger partial charge < -0.3 is 9.84 Å². The van der Waals surface area contributed by atoms with Crippen LogP contribution in [0.2, 0.25) is 5.02 Å². The molecule has 0 saturated heterocycles. The molecule has 0 aliphatic rings. The first-order valence-corrected chi connectivity index (χ1v) is 5.73. The standard InChI is InChI=1S/C14H11ClO3/c15-12-4-3-11(9-17)14(7-12)18-13-5-1-10(8-16)2-6-13/h1-7,9,16H,8H2. The van der Waals surface area contributed by atoms with Crippen molar-refractivity contribution in [1.29, 1.82) is 0 Å². The Morgan fingerprint density at radius 2 is 1.89 bits per heavy atom. The van der Waals surface area contributed by atoms with Crippen molar-refractivity contribution in [3.63, 3.8) is 0 Å². The normalized spacial score (nSPS) is 10.1. The molecule has 0 saturated carbocycles. The van der Waals surface area contributed by atoms with E-state index in [2.05, 4.69) is 0 Å². The lowest BCUT2D eigenvalue weighted by Crippen LogP contribution is -1.91. The van der Waals surface area contributed by atoms with E-state index in [1.807, 2.05) is 0 Å². The summed E-state index contributed by atoms with van der Waals surface area (Å²) >= 11 is 5.86. The van der Waals surface area contributed by atoms with Crippen LogP contribution in [0.25, 0.3) is 0 Å². The average molecular weight is 263 g/mol. The Balaban J connectivity index is 2.27. The number of hydrogen-bond acceptors (Lipinski definition) is 3. The van der Waals surface area contributed by atoms with E-state index in [4.69, 9.17) is 21.4 Å². The van der Waals surface area contributed by atoms with Crippen LogP contribution in [-0.4, -0.2) is 11.4 Å². The minimum absolute atomic E-state index is 0.0168. The number of aliphatic hydroxyl groups is 1. The molecule has 0 fully saturated rings. The van der Waals surface area contributed by atoms with Crippen LogP contribution in [0.15, 0.2) is 42.5 Å². The molecule has 18 heavy (non-hydrogen) atoms. The van der Waals surface area contributed by atoms with Crippen LogP contribution in [0.4, 0.5) is 0 Å². The summed E-state index contributed by atoms with van der Waals surface area (Å²) in [6, 6.07) is 11.8. The highest BCUT2D eigenvalue weighted by molar-refractivity contribution is 6.30. The molecule has 2 aromatic rings. The third-order valence-electron chi connectivity index (χ3n) is 2.44. The second-order valence-electron chi connectivity index (χ2n) is 3.70. The second kappa shape index (κ2) is 5.67. The maximum atomic E-state index is 10.9. The van der Waals surface area contributed by atoms with E-state index in [1.165, 1.54) is 0 Å². The highest BCUT2D eigenvalue weighted by Gasteiger charge is 2.05. The maximum Gasteiger partial charge on any atom is 0.153 e. The Morgan fingerprint density at radius 1 is 1.17 bits per heavy atom. The number of benzene rings is 2. The molecule has 92 valence electrons. The Kier molecular flexibility index (Phi) is 3.97. The monoisotopic (exact) mass is 262 g/mol. The van der Waals surface area contributed by atoms with Crippen molar-refractivity contribution in [1.82, 2.24) is 0 Å². The Bertz CT molecular complexity index is 549. The first-order chi connectivity index (χ1) is 8.72. The molecule has 0 unspecified atom stereocenters. The Hall–Kier alpha value is -1.84. The molecule has 0 aromatic heterocycles.